The van der Waals surface area contributed by atoms with Gasteiger partial charge in [-0.2, -0.15) is 0 Å². The molecule has 1 atom stereocenters. The lowest BCUT2D eigenvalue weighted by Gasteiger charge is -2.16. The molecular formula is C16H22N2O2. The highest BCUT2D eigenvalue weighted by Crippen LogP contribution is 2.27. The fraction of sp³-hybridized carbons (Fsp3) is 0.438. The summed E-state index contributed by atoms with van der Waals surface area (Å²) >= 11 is 0. The van der Waals surface area contributed by atoms with Gasteiger partial charge in [-0.25, -0.2) is 4.98 Å². The van der Waals surface area contributed by atoms with E-state index in [1.807, 2.05) is 37.6 Å². The normalized spacial score (nSPS) is 12.7. The fourth-order valence-corrected chi connectivity index (χ4v) is 2.19. The lowest BCUT2D eigenvalue weighted by atomic mass is 10.1. The van der Waals surface area contributed by atoms with Crippen LogP contribution in [0.1, 0.15) is 49.7 Å². The van der Waals surface area contributed by atoms with Crippen molar-refractivity contribution in [3.8, 4) is 5.75 Å². The molecule has 0 aliphatic carbocycles. The van der Waals surface area contributed by atoms with Crippen LogP contribution < -0.4 is 4.74 Å². The van der Waals surface area contributed by atoms with Gasteiger partial charge in [-0.15, -0.1) is 0 Å². The van der Waals surface area contributed by atoms with E-state index in [4.69, 9.17) is 4.74 Å². The first-order valence-electron chi connectivity index (χ1n) is 6.91. The van der Waals surface area contributed by atoms with Crippen molar-refractivity contribution in [3.63, 3.8) is 0 Å². The first-order valence-corrected chi connectivity index (χ1v) is 6.91. The lowest BCUT2D eigenvalue weighted by molar-refractivity contribution is 0.189. The third-order valence-electron chi connectivity index (χ3n) is 3.29. The van der Waals surface area contributed by atoms with E-state index in [1.165, 1.54) is 0 Å². The summed E-state index contributed by atoms with van der Waals surface area (Å²) in [5.41, 5.74) is 2.96. The van der Waals surface area contributed by atoms with E-state index in [0.29, 0.717) is 12.6 Å². The highest BCUT2D eigenvalue weighted by Gasteiger charge is 2.11. The van der Waals surface area contributed by atoms with Crippen LogP contribution in [0, 0.1) is 6.92 Å². The molecule has 1 aromatic heterocycles. The van der Waals surface area contributed by atoms with Crippen LogP contribution in [0.15, 0.2) is 30.7 Å². The van der Waals surface area contributed by atoms with E-state index in [2.05, 4.69) is 23.4 Å². The van der Waals surface area contributed by atoms with E-state index in [0.717, 1.165) is 22.6 Å². The van der Waals surface area contributed by atoms with Crippen LogP contribution in [0.5, 0.6) is 5.75 Å². The molecule has 0 bridgehead atoms. The van der Waals surface area contributed by atoms with E-state index >= 15 is 0 Å². The van der Waals surface area contributed by atoms with Crippen molar-refractivity contribution in [2.75, 3.05) is 0 Å². The number of nitrogens with zero attached hydrogens (tertiary/aromatic N) is 2. The number of hydrogen-bond acceptors (Lipinski definition) is 3. The zero-order valence-corrected chi connectivity index (χ0v) is 12.5. The smallest absolute Gasteiger partial charge is 0.130 e. The summed E-state index contributed by atoms with van der Waals surface area (Å²) in [5.74, 6) is 0.724. The number of imidazole rings is 1. The standard InChI is InChI=1S/C16H22N2O2/c1-11(2)18-10-17-8-14(18)9-20-16-6-5-12(3)7-15(16)13(4)19/h5-8,10-11,13,19H,9H2,1-4H3. The van der Waals surface area contributed by atoms with Crippen molar-refractivity contribution >= 4 is 0 Å². The Morgan fingerprint density at radius 2 is 2.05 bits per heavy atom. The summed E-state index contributed by atoms with van der Waals surface area (Å²) in [5, 5.41) is 9.83. The molecule has 0 aliphatic rings. The quantitative estimate of drug-likeness (QED) is 0.909. The van der Waals surface area contributed by atoms with Crippen LogP contribution in [0.4, 0.5) is 0 Å². The highest BCUT2D eigenvalue weighted by atomic mass is 16.5. The summed E-state index contributed by atoms with van der Waals surface area (Å²) in [7, 11) is 0. The molecule has 1 N–H and O–H groups in total. The molecule has 0 amide bonds. The second-order valence-corrected chi connectivity index (χ2v) is 5.39. The van der Waals surface area contributed by atoms with Gasteiger partial charge in [-0.3, -0.25) is 0 Å². The Hall–Kier alpha value is -1.81. The number of aliphatic hydroxyl groups is 1. The Bertz CT molecular complexity index is 574. The molecular weight excluding hydrogens is 252 g/mol. The molecule has 1 unspecified atom stereocenters. The number of rotatable bonds is 5. The molecule has 2 rings (SSSR count). The van der Waals surface area contributed by atoms with Crippen LogP contribution >= 0.6 is 0 Å². The zero-order valence-electron chi connectivity index (χ0n) is 12.5. The molecule has 1 heterocycles. The number of aliphatic hydroxyl groups excluding tert-OH is 1. The van der Waals surface area contributed by atoms with Gasteiger partial charge in [0.15, 0.2) is 0 Å². The molecule has 4 nitrogen and oxygen atoms in total. The van der Waals surface area contributed by atoms with Gasteiger partial charge in [0.05, 0.1) is 24.3 Å². The molecule has 0 aliphatic heterocycles. The maximum absolute atomic E-state index is 9.83. The Labute approximate surface area is 120 Å². The Morgan fingerprint density at radius 1 is 1.30 bits per heavy atom. The molecule has 108 valence electrons. The number of benzene rings is 1. The Morgan fingerprint density at radius 3 is 2.70 bits per heavy atom. The van der Waals surface area contributed by atoms with Crippen molar-refractivity contribution in [3.05, 3.63) is 47.5 Å². The Kier molecular flexibility index (Phi) is 4.45. The topological polar surface area (TPSA) is 47.3 Å². The van der Waals surface area contributed by atoms with Gasteiger partial charge in [-0.1, -0.05) is 11.6 Å². The van der Waals surface area contributed by atoms with Gasteiger partial charge in [0.25, 0.3) is 0 Å². The lowest BCUT2D eigenvalue weighted by Crippen LogP contribution is -2.08. The minimum Gasteiger partial charge on any atom is -0.487 e. The van der Waals surface area contributed by atoms with Gasteiger partial charge in [0, 0.05) is 11.6 Å². The largest absolute Gasteiger partial charge is 0.487 e. The minimum absolute atomic E-state index is 0.352. The summed E-state index contributed by atoms with van der Waals surface area (Å²) < 4.78 is 7.95. The van der Waals surface area contributed by atoms with E-state index in [1.54, 1.807) is 6.92 Å². The molecule has 20 heavy (non-hydrogen) atoms. The maximum atomic E-state index is 9.83. The van der Waals surface area contributed by atoms with Gasteiger partial charge in [0.2, 0.25) is 0 Å². The van der Waals surface area contributed by atoms with Gasteiger partial charge in [0.1, 0.15) is 12.4 Å². The molecule has 2 aromatic rings. The van der Waals surface area contributed by atoms with Crippen LogP contribution in [0.3, 0.4) is 0 Å². The molecule has 0 spiro atoms. The number of ether oxygens (including phenoxy) is 1. The maximum Gasteiger partial charge on any atom is 0.130 e. The molecule has 0 radical (unpaired) electrons. The van der Waals surface area contributed by atoms with Gasteiger partial charge < -0.3 is 14.4 Å². The molecule has 0 saturated carbocycles. The molecule has 1 aromatic carbocycles. The monoisotopic (exact) mass is 274 g/mol. The molecule has 0 fully saturated rings. The SMILES string of the molecule is Cc1ccc(OCc2cncn2C(C)C)c(C(C)O)c1. The van der Waals surface area contributed by atoms with Crippen LogP contribution in [-0.2, 0) is 6.61 Å². The van der Waals surface area contributed by atoms with Gasteiger partial charge >= 0.3 is 0 Å². The number of aryl methyl sites for hydroxylation is 1. The van der Waals surface area contributed by atoms with E-state index < -0.39 is 6.10 Å². The van der Waals surface area contributed by atoms with Crippen molar-refractivity contribution in [1.82, 2.24) is 9.55 Å². The van der Waals surface area contributed by atoms with E-state index in [9.17, 15) is 5.11 Å². The second kappa shape index (κ2) is 6.09. The number of aromatic nitrogens is 2. The van der Waals surface area contributed by atoms with Crippen LogP contribution in [0.2, 0.25) is 0 Å². The van der Waals surface area contributed by atoms with Crippen LogP contribution in [0.25, 0.3) is 0 Å². The predicted octanol–water partition coefficient (Wildman–Crippen LogP) is 3.40. The van der Waals surface area contributed by atoms with Crippen molar-refractivity contribution < 1.29 is 9.84 Å². The van der Waals surface area contributed by atoms with Crippen molar-refractivity contribution in [2.45, 2.75) is 46.4 Å². The third kappa shape index (κ3) is 3.20. The summed E-state index contributed by atoms with van der Waals surface area (Å²) in [4.78, 5) is 4.16. The summed E-state index contributed by atoms with van der Waals surface area (Å²) in [6.07, 6.45) is 3.09. The van der Waals surface area contributed by atoms with Crippen LogP contribution in [-0.4, -0.2) is 14.7 Å². The minimum atomic E-state index is -0.542. The number of hydrogen-bond donors (Lipinski definition) is 1. The Balaban J connectivity index is 2.17. The summed E-state index contributed by atoms with van der Waals surface area (Å²) in [6, 6.07) is 6.21. The third-order valence-corrected chi connectivity index (χ3v) is 3.29. The van der Waals surface area contributed by atoms with Crippen molar-refractivity contribution in [1.29, 1.82) is 0 Å². The second-order valence-electron chi connectivity index (χ2n) is 5.39. The molecule has 4 heteroatoms. The fourth-order valence-electron chi connectivity index (χ4n) is 2.19. The highest BCUT2D eigenvalue weighted by molar-refractivity contribution is 5.38. The summed E-state index contributed by atoms with van der Waals surface area (Å²) in [6.45, 7) is 8.42. The van der Waals surface area contributed by atoms with Gasteiger partial charge in [-0.05, 0) is 39.8 Å². The van der Waals surface area contributed by atoms with Crippen molar-refractivity contribution in [2.24, 2.45) is 0 Å². The average Bonchev–Trinajstić information content (AvgIpc) is 2.85. The predicted molar refractivity (Wildman–Crippen MR) is 78.8 cm³/mol. The first kappa shape index (κ1) is 14.6. The average molecular weight is 274 g/mol. The van der Waals surface area contributed by atoms with E-state index in [-0.39, 0.29) is 0 Å². The zero-order chi connectivity index (χ0) is 14.7. The first-order chi connectivity index (χ1) is 9.49. The molecule has 0 saturated heterocycles.